The highest BCUT2D eigenvalue weighted by atomic mass is 35.5. The largest absolute Gasteiger partial charge is 0.330 e. The second kappa shape index (κ2) is 9.11. The van der Waals surface area contributed by atoms with E-state index in [1.165, 1.54) is 9.80 Å². The molecule has 1 spiro atoms. The molecule has 2 aliphatic heterocycles. The molecular formula is C26H27ClN4O3. The summed E-state index contributed by atoms with van der Waals surface area (Å²) in [7, 11) is 1.60. The fourth-order valence-corrected chi connectivity index (χ4v) is 5.18. The van der Waals surface area contributed by atoms with Crippen LogP contribution in [-0.4, -0.2) is 53.3 Å². The molecule has 8 heteroatoms. The van der Waals surface area contributed by atoms with Crippen molar-refractivity contribution in [2.24, 2.45) is 5.92 Å². The van der Waals surface area contributed by atoms with E-state index in [1.807, 2.05) is 38.1 Å². The third-order valence-corrected chi connectivity index (χ3v) is 6.96. The van der Waals surface area contributed by atoms with Crippen LogP contribution >= 0.6 is 11.6 Å². The van der Waals surface area contributed by atoms with Crippen molar-refractivity contribution < 1.29 is 14.4 Å². The molecule has 4 rings (SSSR count). The summed E-state index contributed by atoms with van der Waals surface area (Å²) >= 11 is 6.07. The summed E-state index contributed by atoms with van der Waals surface area (Å²) in [5, 5.41) is 3.34. The number of rotatable bonds is 5. The Morgan fingerprint density at radius 3 is 2.68 bits per heavy atom. The van der Waals surface area contributed by atoms with Gasteiger partial charge in [0.05, 0.1) is 6.42 Å². The summed E-state index contributed by atoms with van der Waals surface area (Å²) in [6, 6.07) is 13.3. The first-order valence-corrected chi connectivity index (χ1v) is 11.7. The molecule has 1 N–H and O–H groups in total. The molecule has 3 atom stereocenters. The average molecular weight is 479 g/mol. The molecule has 1 saturated heterocycles. The van der Waals surface area contributed by atoms with Crippen molar-refractivity contribution in [1.29, 1.82) is 0 Å². The van der Waals surface area contributed by atoms with Crippen molar-refractivity contribution >= 4 is 35.0 Å². The van der Waals surface area contributed by atoms with Gasteiger partial charge in [-0.3, -0.25) is 24.1 Å². The number of likely N-dealkylation sites (tertiary alicyclic amines) is 1. The monoisotopic (exact) mass is 478 g/mol. The zero-order valence-corrected chi connectivity index (χ0v) is 20.2. The van der Waals surface area contributed by atoms with Crippen molar-refractivity contribution in [3.05, 3.63) is 76.1 Å². The summed E-state index contributed by atoms with van der Waals surface area (Å²) in [6.45, 7) is 11.8. The van der Waals surface area contributed by atoms with Gasteiger partial charge in [0.25, 0.3) is 11.8 Å². The lowest BCUT2D eigenvalue weighted by atomic mass is 9.80. The van der Waals surface area contributed by atoms with Crippen LogP contribution < -0.4 is 5.32 Å². The van der Waals surface area contributed by atoms with Crippen molar-refractivity contribution in [1.82, 2.24) is 9.80 Å². The van der Waals surface area contributed by atoms with Crippen LogP contribution in [0.25, 0.3) is 4.85 Å². The van der Waals surface area contributed by atoms with Gasteiger partial charge in [0, 0.05) is 29.9 Å². The van der Waals surface area contributed by atoms with Gasteiger partial charge in [-0.25, -0.2) is 6.57 Å². The van der Waals surface area contributed by atoms with Crippen molar-refractivity contribution in [2.75, 3.05) is 18.9 Å². The van der Waals surface area contributed by atoms with Crippen molar-refractivity contribution in [3.63, 3.8) is 0 Å². The second-order valence-corrected chi connectivity index (χ2v) is 9.87. The number of benzene rings is 2. The number of carbonyl (C=O) groups is 3. The first-order valence-electron chi connectivity index (χ1n) is 11.3. The van der Waals surface area contributed by atoms with E-state index in [1.54, 1.807) is 31.3 Å². The Bertz CT molecular complexity index is 1190. The van der Waals surface area contributed by atoms with Crippen LogP contribution in [0.4, 0.5) is 5.69 Å². The number of para-hydroxylation sites is 1. The molecule has 0 aliphatic carbocycles. The van der Waals surface area contributed by atoms with Crippen molar-refractivity contribution in [2.45, 2.75) is 44.3 Å². The lowest BCUT2D eigenvalue weighted by molar-refractivity contribution is -0.136. The molecule has 2 aliphatic rings. The topological polar surface area (TPSA) is 74.1 Å². The van der Waals surface area contributed by atoms with E-state index in [4.69, 9.17) is 18.2 Å². The van der Waals surface area contributed by atoms with Gasteiger partial charge in [0.1, 0.15) is 11.5 Å². The van der Waals surface area contributed by atoms with E-state index >= 15 is 0 Å². The van der Waals surface area contributed by atoms with Gasteiger partial charge in [-0.1, -0.05) is 49.7 Å². The molecule has 3 amide bonds. The molecule has 1 fully saturated rings. The maximum atomic E-state index is 13.9. The number of nitrogens with zero attached hydrogens (tertiary/aromatic N) is 3. The second-order valence-electron chi connectivity index (χ2n) is 9.43. The highest BCUT2D eigenvalue weighted by Crippen LogP contribution is 2.47. The zero-order valence-electron chi connectivity index (χ0n) is 19.4. The molecule has 0 saturated carbocycles. The number of anilines is 1. The fourth-order valence-electron chi connectivity index (χ4n) is 4.99. The minimum absolute atomic E-state index is 0.107. The molecule has 0 radical (unpaired) electrons. The lowest BCUT2D eigenvalue weighted by Crippen LogP contribution is -2.51. The molecular weight excluding hydrogens is 452 g/mol. The Labute approximate surface area is 204 Å². The number of likely N-dealkylation sites (N-methyl/N-ethyl adjacent to an activating group) is 1. The maximum Gasteiger partial charge on any atom is 0.302 e. The summed E-state index contributed by atoms with van der Waals surface area (Å²) in [5.41, 5.74) is 0.963. The summed E-state index contributed by atoms with van der Waals surface area (Å²) < 4.78 is 0. The molecule has 7 nitrogen and oxygen atoms in total. The lowest BCUT2D eigenvalue weighted by Gasteiger charge is -2.32. The molecule has 0 aromatic heterocycles. The third-order valence-electron chi connectivity index (χ3n) is 6.73. The number of fused-ring (bicyclic) bond motifs is 2. The maximum absolute atomic E-state index is 13.9. The van der Waals surface area contributed by atoms with Gasteiger partial charge in [0.15, 0.2) is 0 Å². The first-order chi connectivity index (χ1) is 16.2. The number of nitrogens with one attached hydrogen (secondary N) is 1. The quantitative estimate of drug-likeness (QED) is 0.655. The van der Waals surface area contributed by atoms with Crippen LogP contribution in [0.3, 0.4) is 0 Å². The molecule has 176 valence electrons. The van der Waals surface area contributed by atoms with Gasteiger partial charge in [-0.2, -0.15) is 0 Å². The molecule has 2 heterocycles. The van der Waals surface area contributed by atoms with Gasteiger partial charge >= 0.3 is 6.17 Å². The van der Waals surface area contributed by atoms with Crippen LogP contribution in [0.2, 0.25) is 5.02 Å². The normalized spacial score (nSPS) is 21.8. The fraction of sp³-hybridized carbons (Fsp3) is 0.385. The SMILES string of the molecule is [C-]#[N+][C@@H]1C[C@@]2(CN1C(=O)[C@H](CC(C)C)N(C)C(=O)c1cccc(Cl)c1)C(=O)Nc1ccccc12. The summed E-state index contributed by atoms with van der Waals surface area (Å²) in [5.74, 6) is -0.705. The predicted octanol–water partition coefficient (Wildman–Crippen LogP) is 4.19. The zero-order chi connectivity index (χ0) is 24.6. The molecule has 0 bridgehead atoms. The van der Waals surface area contributed by atoms with E-state index in [0.717, 1.165) is 11.3 Å². The third kappa shape index (κ3) is 4.03. The summed E-state index contributed by atoms with van der Waals surface area (Å²) in [6.07, 6.45) is -0.127. The van der Waals surface area contributed by atoms with Crippen LogP contribution in [0, 0.1) is 12.5 Å². The average Bonchev–Trinajstić information content (AvgIpc) is 3.34. The number of carbonyl (C=O) groups excluding carboxylic acids is 3. The Morgan fingerprint density at radius 1 is 1.26 bits per heavy atom. The highest BCUT2D eigenvalue weighted by molar-refractivity contribution is 6.31. The number of halogens is 1. The van der Waals surface area contributed by atoms with Crippen LogP contribution in [0.15, 0.2) is 48.5 Å². The van der Waals surface area contributed by atoms with E-state index in [9.17, 15) is 14.4 Å². The van der Waals surface area contributed by atoms with E-state index < -0.39 is 17.6 Å². The minimum Gasteiger partial charge on any atom is -0.330 e. The molecule has 34 heavy (non-hydrogen) atoms. The van der Waals surface area contributed by atoms with Gasteiger partial charge in [-0.15, -0.1) is 0 Å². The number of amides is 3. The van der Waals surface area contributed by atoms with Crippen LogP contribution in [0.1, 0.15) is 42.6 Å². The van der Waals surface area contributed by atoms with Gasteiger partial charge in [0.2, 0.25) is 5.91 Å². The van der Waals surface area contributed by atoms with Crippen LogP contribution in [0.5, 0.6) is 0 Å². The van der Waals surface area contributed by atoms with E-state index in [0.29, 0.717) is 17.0 Å². The summed E-state index contributed by atoms with van der Waals surface area (Å²) in [4.78, 5) is 46.8. The smallest absolute Gasteiger partial charge is 0.302 e. The van der Waals surface area contributed by atoms with E-state index in [-0.39, 0.29) is 36.6 Å². The van der Waals surface area contributed by atoms with E-state index in [2.05, 4.69) is 10.2 Å². The predicted molar refractivity (Wildman–Crippen MR) is 130 cm³/mol. The number of hydrogen-bond acceptors (Lipinski definition) is 3. The Hall–Kier alpha value is -3.37. The highest BCUT2D eigenvalue weighted by Gasteiger charge is 2.59. The first kappa shape index (κ1) is 23.8. The Morgan fingerprint density at radius 2 is 2.00 bits per heavy atom. The van der Waals surface area contributed by atoms with Gasteiger partial charge < -0.3 is 10.2 Å². The molecule has 0 unspecified atom stereocenters. The standard InChI is InChI=1S/C26H27ClN4O3/c1-16(2)12-21(30(4)23(32)17-8-7-9-18(27)13-17)24(33)31-15-26(14-22(31)28-3)19-10-5-6-11-20(19)29-25(26)34/h5-11,13,16,21-22H,12,14-15H2,1-2,4H3,(H,29,34)/t21-,22-,26-/m0/s1. The molecule has 2 aromatic carbocycles. The number of hydrogen-bond donors (Lipinski definition) is 1. The Balaban J connectivity index is 1.66. The minimum atomic E-state index is -0.959. The van der Waals surface area contributed by atoms with Crippen LogP contribution in [-0.2, 0) is 15.0 Å². The molecule has 2 aromatic rings. The Kier molecular flexibility index (Phi) is 6.37. The van der Waals surface area contributed by atoms with Gasteiger partial charge in [-0.05, 0) is 42.2 Å². The van der Waals surface area contributed by atoms with Crippen molar-refractivity contribution in [3.8, 4) is 0 Å².